The van der Waals surface area contributed by atoms with Gasteiger partial charge in [-0.1, -0.05) is 6.07 Å². The minimum Gasteiger partial charge on any atom is -0.207 e. The van der Waals surface area contributed by atoms with Gasteiger partial charge in [-0.3, -0.25) is 0 Å². The molecule has 0 unspecified atom stereocenters. The van der Waals surface area contributed by atoms with E-state index in [1.54, 1.807) is 6.07 Å². The van der Waals surface area contributed by atoms with E-state index in [1.807, 2.05) is 6.07 Å². The molecule has 2 rings (SSSR count). The Balaban J connectivity index is 2.34. The van der Waals surface area contributed by atoms with Crippen molar-refractivity contribution >= 4 is 11.6 Å². The Labute approximate surface area is 76.4 Å². The van der Waals surface area contributed by atoms with Crippen LogP contribution in [0.2, 0.25) is 0 Å². The van der Waals surface area contributed by atoms with Crippen molar-refractivity contribution in [3.05, 3.63) is 35.1 Å². The normalized spacial score (nSPS) is 16.5. The number of hydrogen-bond donors (Lipinski definition) is 0. The van der Waals surface area contributed by atoms with Crippen LogP contribution in [0.3, 0.4) is 0 Å². The summed E-state index contributed by atoms with van der Waals surface area (Å²) in [6.07, 6.45) is 2.40. The van der Waals surface area contributed by atoms with Gasteiger partial charge in [0.25, 0.3) is 0 Å². The van der Waals surface area contributed by atoms with Gasteiger partial charge in [0.2, 0.25) is 0 Å². The van der Waals surface area contributed by atoms with E-state index in [0.29, 0.717) is 11.8 Å². The summed E-state index contributed by atoms with van der Waals surface area (Å²) < 4.78 is 12.9. The van der Waals surface area contributed by atoms with E-state index in [0.717, 1.165) is 11.1 Å². The van der Waals surface area contributed by atoms with Crippen LogP contribution in [0.4, 0.5) is 4.39 Å². The molecule has 0 nitrogen and oxygen atoms in total. The molecule has 0 radical (unpaired) electrons. The van der Waals surface area contributed by atoms with E-state index < -0.39 is 0 Å². The summed E-state index contributed by atoms with van der Waals surface area (Å²) in [6, 6.07) is 5.13. The van der Waals surface area contributed by atoms with Crippen LogP contribution in [0.15, 0.2) is 18.2 Å². The quantitative estimate of drug-likeness (QED) is 0.618. The van der Waals surface area contributed by atoms with Crippen molar-refractivity contribution in [1.29, 1.82) is 0 Å². The van der Waals surface area contributed by atoms with Crippen LogP contribution >= 0.6 is 11.6 Å². The zero-order chi connectivity index (χ0) is 8.55. The van der Waals surface area contributed by atoms with Gasteiger partial charge < -0.3 is 0 Å². The van der Waals surface area contributed by atoms with Gasteiger partial charge in [0.1, 0.15) is 5.82 Å². The molecule has 12 heavy (non-hydrogen) atoms. The van der Waals surface area contributed by atoms with Crippen molar-refractivity contribution < 1.29 is 4.39 Å². The summed E-state index contributed by atoms with van der Waals surface area (Å²) in [6.45, 7) is 0. The lowest BCUT2D eigenvalue weighted by molar-refractivity contribution is 0.624. The average molecular weight is 185 g/mol. The fraction of sp³-hybridized carbons (Fsp3) is 0.400. The van der Waals surface area contributed by atoms with Crippen molar-refractivity contribution in [1.82, 2.24) is 0 Å². The van der Waals surface area contributed by atoms with E-state index in [1.165, 1.54) is 18.9 Å². The molecule has 0 N–H and O–H groups in total. The second-order valence-corrected chi connectivity index (χ2v) is 3.57. The smallest absolute Gasteiger partial charge is 0.123 e. The largest absolute Gasteiger partial charge is 0.207 e. The van der Waals surface area contributed by atoms with Crippen molar-refractivity contribution in [3.8, 4) is 0 Å². The van der Waals surface area contributed by atoms with Gasteiger partial charge in [0.15, 0.2) is 0 Å². The van der Waals surface area contributed by atoms with Gasteiger partial charge in [-0.2, -0.15) is 0 Å². The molecule has 0 atom stereocenters. The molecule has 1 fully saturated rings. The first-order valence-corrected chi connectivity index (χ1v) is 4.68. The van der Waals surface area contributed by atoms with Gasteiger partial charge in [-0.05, 0) is 42.0 Å². The Hall–Kier alpha value is -0.560. The van der Waals surface area contributed by atoms with Gasteiger partial charge in [-0.15, -0.1) is 11.6 Å². The fourth-order valence-electron chi connectivity index (χ4n) is 1.40. The number of rotatable bonds is 2. The predicted octanol–water partition coefficient (Wildman–Crippen LogP) is 3.44. The molecular formula is C10H10ClF. The molecular weight excluding hydrogens is 175 g/mol. The number of alkyl halides is 1. The summed E-state index contributed by atoms with van der Waals surface area (Å²) in [5, 5.41) is 0. The van der Waals surface area contributed by atoms with Crippen LogP contribution in [-0.4, -0.2) is 0 Å². The van der Waals surface area contributed by atoms with Crippen LogP contribution in [0.1, 0.15) is 29.9 Å². The highest BCUT2D eigenvalue weighted by molar-refractivity contribution is 6.17. The zero-order valence-electron chi connectivity index (χ0n) is 6.69. The summed E-state index contributed by atoms with van der Waals surface area (Å²) in [7, 11) is 0. The van der Waals surface area contributed by atoms with E-state index in [-0.39, 0.29) is 5.82 Å². The average Bonchev–Trinajstić information content (AvgIpc) is 2.85. The van der Waals surface area contributed by atoms with Crippen LogP contribution in [0.5, 0.6) is 0 Å². The Morgan fingerprint density at radius 3 is 2.67 bits per heavy atom. The molecule has 1 aromatic carbocycles. The van der Waals surface area contributed by atoms with Gasteiger partial charge in [0.05, 0.1) is 0 Å². The third-order valence-electron chi connectivity index (χ3n) is 2.18. The van der Waals surface area contributed by atoms with Gasteiger partial charge in [0, 0.05) is 5.88 Å². The molecule has 0 heterocycles. The molecule has 0 amide bonds. The number of benzene rings is 1. The zero-order valence-corrected chi connectivity index (χ0v) is 7.44. The van der Waals surface area contributed by atoms with E-state index >= 15 is 0 Å². The van der Waals surface area contributed by atoms with E-state index in [9.17, 15) is 4.39 Å². The second kappa shape index (κ2) is 3.06. The molecule has 1 saturated carbocycles. The molecule has 2 heteroatoms. The number of hydrogen-bond acceptors (Lipinski definition) is 0. The first kappa shape index (κ1) is 8.06. The maximum Gasteiger partial charge on any atom is 0.123 e. The topological polar surface area (TPSA) is 0 Å². The SMILES string of the molecule is Fc1cc(CCl)cc(C2CC2)c1. The van der Waals surface area contributed by atoms with Crippen LogP contribution < -0.4 is 0 Å². The Kier molecular flexibility index (Phi) is 2.05. The minimum absolute atomic E-state index is 0.157. The van der Waals surface area contributed by atoms with Crippen LogP contribution in [-0.2, 0) is 5.88 Å². The highest BCUT2D eigenvalue weighted by atomic mass is 35.5. The second-order valence-electron chi connectivity index (χ2n) is 3.30. The highest BCUT2D eigenvalue weighted by Crippen LogP contribution is 2.40. The third kappa shape index (κ3) is 1.61. The van der Waals surface area contributed by atoms with Crippen LogP contribution in [0, 0.1) is 5.82 Å². The lowest BCUT2D eigenvalue weighted by Crippen LogP contribution is -1.86. The van der Waals surface area contributed by atoms with Crippen molar-refractivity contribution in [2.75, 3.05) is 0 Å². The number of halogens is 2. The molecule has 1 aliphatic rings. The van der Waals surface area contributed by atoms with Crippen LogP contribution in [0.25, 0.3) is 0 Å². The Morgan fingerprint density at radius 1 is 1.33 bits per heavy atom. The molecule has 0 spiro atoms. The van der Waals surface area contributed by atoms with E-state index in [4.69, 9.17) is 11.6 Å². The summed E-state index contributed by atoms with van der Waals surface area (Å²) in [5.74, 6) is 0.843. The molecule has 1 aliphatic carbocycles. The summed E-state index contributed by atoms with van der Waals surface area (Å²) >= 11 is 5.63. The molecule has 1 aromatic rings. The molecule has 0 bridgehead atoms. The monoisotopic (exact) mass is 184 g/mol. The Bertz CT molecular complexity index is 292. The Morgan fingerprint density at radius 2 is 2.08 bits per heavy atom. The maximum atomic E-state index is 12.9. The van der Waals surface area contributed by atoms with Crippen molar-refractivity contribution in [2.45, 2.75) is 24.6 Å². The highest BCUT2D eigenvalue weighted by Gasteiger charge is 2.24. The first-order valence-electron chi connectivity index (χ1n) is 4.15. The van der Waals surface area contributed by atoms with E-state index in [2.05, 4.69) is 0 Å². The standard InChI is InChI=1S/C10H10ClF/c11-6-7-3-9(8-1-2-8)5-10(12)4-7/h3-5,8H,1-2,6H2. The van der Waals surface area contributed by atoms with Gasteiger partial charge in [-0.25, -0.2) is 4.39 Å². The summed E-state index contributed by atoms with van der Waals surface area (Å²) in [4.78, 5) is 0. The predicted molar refractivity (Wildman–Crippen MR) is 47.9 cm³/mol. The molecule has 0 aliphatic heterocycles. The van der Waals surface area contributed by atoms with Crippen molar-refractivity contribution in [2.24, 2.45) is 0 Å². The summed E-state index contributed by atoms with van der Waals surface area (Å²) in [5.41, 5.74) is 2.00. The third-order valence-corrected chi connectivity index (χ3v) is 2.49. The lowest BCUT2D eigenvalue weighted by atomic mass is 10.1. The molecule has 0 aromatic heterocycles. The molecule has 0 saturated heterocycles. The first-order chi connectivity index (χ1) is 5.79. The lowest BCUT2D eigenvalue weighted by Gasteiger charge is -2.01. The maximum absolute atomic E-state index is 12.9. The fourth-order valence-corrected chi connectivity index (χ4v) is 1.56. The molecule has 64 valence electrons. The minimum atomic E-state index is -0.157. The van der Waals surface area contributed by atoms with Gasteiger partial charge >= 0.3 is 0 Å². The van der Waals surface area contributed by atoms with Crippen molar-refractivity contribution in [3.63, 3.8) is 0 Å².